The van der Waals surface area contributed by atoms with Crippen LogP contribution in [0.5, 0.6) is 0 Å². The highest BCUT2D eigenvalue weighted by atomic mass is 15.2. The fourth-order valence-corrected chi connectivity index (χ4v) is 0.888. The number of nitrogens with zero attached hydrogens (tertiary/aromatic N) is 3. The average Bonchev–Trinajstić information content (AvgIpc) is 2.06. The number of hydrogen-bond donors (Lipinski definition) is 0. The Balaban J connectivity index is 2.88. The maximum absolute atomic E-state index is 4.06. The molecule has 0 N–H and O–H groups in total. The molecule has 11 heavy (non-hydrogen) atoms. The van der Waals surface area contributed by atoms with E-state index in [9.17, 15) is 0 Å². The first-order valence-electron chi connectivity index (χ1n) is 3.62. The van der Waals surface area contributed by atoms with Crippen molar-refractivity contribution in [1.82, 2.24) is 0 Å². The van der Waals surface area contributed by atoms with Crippen LogP contribution in [0.1, 0.15) is 13.3 Å². The first-order valence-corrected chi connectivity index (χ1v) is 3.62. The molecule has 0 aliphatic carbocycles. The first kappa shape index (κ1) is 7.85. The van der Waals surface area contributed by atoms with Gasteiger partial charge in [0, 0.05) is 12.6 Å². The lowest BCUT2D eigenvalue weighted by molar-refractivity contribution is 1.21. The van der Waals surface area contributed by atoms with E-state index in [4.69, 9.17) is 0 Å². The van der Waals surface area contributed by atoms with E-state index in [0.29, 0.717) is 0 Å². The molecular formula is C8H11N3. The third kappa shape index (κ3) is 1.83. The van der Waals surface area contributed by atoms with Gasteiger partial charge in [0.15, 0.2) is 0 Å². The zero-order valence-electron chi connectivity index (χ0n) is 6.78. The molecule has 0 aromatic carbocycles. The van der Waals surface area contributed by atoms with Gasteiger partial charge < -0.3 is 0 Å². The molecule has 0 radical (unpaired) electrons. The molecule has 0 saturated heterocycles. The van der Waals surface area contributed by atoms with E-state index in [2.05, 4.69) is 28.2 Å². The van der Waals surface area contributed by atoms with Crippen LogP contribution in [-0.2, 0) is 0 Å². The van der Waals surface area contributed by atoms with E-state index >= 15 is 0 Å². The molecule has 0 aromatic rings. The lowest BCUT2D eigenvalue weighted by Crippen LogP contribution is -2.08. The summed E-state index contributed by atoms with van der Waals surface area (Å²) < 4.78 is 0. The van der Waals surface area contributed by atoms with Crippen molar-refractivity contribution in [2.24, 2.45) is 15.2 Å². The molecule has 1 heterocycles. The van der Waals surface area contributed by atoms with Gasteiger partial charge in [-0.3, -0.25) is 4.99 Å². The molecule has 1 rings (SSSR count). The highest BCUT2D eigenvalue weighted by molar-refractivity contribution is 6.44. The fourth-order valence-electron chi connectivity index (χ4n) is 0.888. The summed E-state index contributed by atoms with van der Waals surface area (Å²) in [6.45, 7) is 2.08. The van der Waals surface area contributed by atoms with Gasteiger partial charge in [0.05, 0.1) is 18.1 Å². The third-order valence-corrected chi connectivity index (χ3v) is 1.40. The Morgan fingerprint density at radius 3 is 2.82 bits per heavy atom. The number of rotatable bonds is 1. The molecular weight excluding hydrogens is 138 g/mol. The van der Waals surface area contributed by atoms with Gasteiger partial charge in [0.25, 0.3) is 0 Å². The highest BCUT2D eigenvalue weighted by Gasteiger charge is 2.02. The largest absolute Gasteiger partial charge is 0.286 e. The van der Waals surface area contributed by atoms with Crippen LogP contribution in [0.2, 0.25) is 0 Å². The molecule has 3 nitrogen and oxygen atoms in total. The summed E-state index contributed by atoms with van der Waals surface area (Å²) >= 11 is 0. The van der Waals surface area contributed by atoms with Crippen molar-refractivity contribution in [2.75, 3.05) is 7.05 Å². The third-order valence-electron chi connectivity index (χ3n) is 1.40. The summed E-state index contributed by atoms with van der Waals surface area (Å²) in [7, 11) is 1.75. The van der Waals surface area contributed by atoms with Crippen LogP contribution in [0.4, 0.5) is 0 Å². The van der Waals surface area contributed by atoms with Crippen LogP contribution >= 0.6 is 0 Å². The van der Waals surface area contributed by atoms with Crippen LogP contribution < -0.4 is 0 Å². The Morgan fingerprint density at radius 1 is 1.45 bits per heavy atom. The van der Waals surface area contributed by atoms with E-state index in [1.807, 2.05) is 0 Å². The molecule has 0 aromatic heterocycles. The smallest absolute Gasteiger partial charge is 0.0857 e. The summed E-state index contributed by atoms with van der Waals surface area (Å²) in [4.78, 5) is 4.06. The van der Waals surface area contributed by atoms with E-state index < -0.39 is 0 Å². The van der Waals surface area contributed by atoms with Gasteiger partial charge in [-0.25, -0.2) is 0 Å². The second-order valence-corrected chi connectivity index (χ2v) is 2.17. The number of allylic oxidation sites excluding steroid dienone is 2. The molecule has 0 bridgehead atoms. The van der Waals surface area contributed by atoms with Crippen molar-refractivity contribution >= 4 is 18.1 Å². The van der Waals surface area contributed by atoms with Crippen molar-refractivity contribution in [3.8, 4) is 0 Å². The van der Waals surface area contributed by atoms with Gasteiger partial charge in [-0.05, 0) is 6.42 Å². The molecule has 0 fully saturated rings. The van der Waals surface area contributed by atoms with Crippen LogP contribution in [0.15, 0.2) is 26.8 Å². The van der Waals surface area contributed by atoms with Crippen molar-refractivity contribution in [1.29, 1.82) is 0 Å². The van der Waals surface area contributed by atoms with Gasteiger partial charge >= 0.3 is 0 Å². The van der Waals surface area contributed by atoms with Crippen molar-refractivity contribution in [2.45, 2.75) is 13.3 Å². The summed E-state index contributed by atoms with van der Waals surface area (Å²) in [5, 5.41) is 7.51. The molecule has 3 heteroatoms. The van der Waals surface area contributed by atoms with E-state index in [-0.39, 0.29) is 0 Å². The normalized spacial score (nSPS) is 23.5. The van der Waals surface area contributed by atoms with Gasteiger partial charge in [0.2, 0.25) is 0 Å². The topological polar surface area (TPSA) is 37.1 Å². The Labute approximate surface area is 66.3 Å². The molecule has 0 saturated carbocycles. The molecule has 1 aliphatic rings. The predicted molar refractivity (Wildman–Crippen MR) is 48.7 cm³/mol. The number of aliphatic imine (C=N–C) groups is 1. The Morgan fingerprint density at radius 2 is 2.18 bits per heavy atom. The van der Waals surface area contributed by atoms with E-state index in [1.54, 1.807) is 19.5 Å². The minimum absolute atomic E-state index is 0.904. The summed E-state index contributed by atoms with van der Waals surface area (Å²) in [5.74, 6) is 0. The summed E-state index contributed by atoms with van der Waals surface area (Å²) in [5.41, 5.74) is 1.96. The van der Waals surface area contributed by atoms with Crippen molar-refractivity contribution < 1.29 is 0 Å². The Bertz CT molecular complexity index is 246. The van der Waals surface area contributed by atoms with Crippen LogP contribution in [0, 0.1) is 0 Å². The quantitative estimate of drug-likeness (QED) is 0.541. The van der Waals surface area contributed by atoms with Gasteiger partial charge in [-0.2, -0.15) is 10.2 Å². The maximum atomic E-state index is 4.06. The zero-order chi connectivity index (χ0) is 8.10. The molecule has 1 aliphatic heterocycles. The molecule has 0 atom stereocenters. The second kappa shape index (κ2) is 3.81. The minimum atomic E-state index is 0.904. The highest BCUT2D eigenvalue weighted by Crippen LogP contribution is 2.00. The Kier molecular flexibility index (Phi) is 2.72. The monoisotopic (exact) mass is 149 g/mol. The van der Waals surface area contributed by atoms with Crippen molar-refractivity contribution in [3.05, 3.63) is 11.6 Å². The summed E-state index contributed by atoms with van der Waals surface area (Å²) in [6.07, 6.45) is 6.47. The molecule has 58 valence electrons. The van der Waals surface area contributed by atoms with Gasteiger partial charge in [-0.1, -0.05) is 13.0 Å². The Hall–Kier alpha value is -1.25. The van der Waals surface area contributed by atoms with Crippen LogP contribution in [0.25, 0.3) is 0 Å². The lowest BCUT2D eigenvalue weighted by Gasteiger charge is -2.01. The average molecular weight is 149 g/mol. The first-order chi connectivity index (χ1) is 5.38. The lowest BCUT2D eigenvalue weighted by atomic mass is 10.1. The second-order valence-electron chi connectivity index (χ2n) is 2.17. The standard InChI is InChI=1S/C8H11N3/c1-3-4-7-5-10-11-6-8(7)9-2/h4-6H,3H2,1-2H3/b7-4-,9-8?. The van der Waals surface area contributed by atoms with Crippen molar-refractivity contribution in [3.63, 3.8) is 0 Å². The summed E-state index contributed by atoms with van der Waals surface area (Å²) in [6, 6.07) is 0. The van der Waals surface area contributed by atoms with Gasteiger partial charge in [-0.15, -0.1) is 0 Å². The minimum Gasteiger partial charge on any atom is -0.286 e. The predicted octanol–water partition coefficient (Wildman–Crippen LogP) is 1.46. The maximum Gasteiger partial charge on any atom is 0.0857 e. The van der Waals surface area contributed by atoms with Crippen LogP contribution in [0.3, 0.4) is 0 Å². The van der Waals surface area contributed by atoms with Gasteiger partial charge in [0.1, 0.15) is 0 Å². The fraction of sp³-hybridized carbons (Fsp3) is 0.375. The molecule has 0 spiro atoms. The van der Waals surface area contributed by atoms with E-state index in [0.717, 1.165) is 17.7 Å². The van der Waals surface area contributed by atoms with Crippen LogP contribution in [-0.4, -0.2) is 25.2 Å². The number of hydrogen-bond acceptors (Lipinski definition) is 3. The zero-order valence-corrected chi connectivity index (χ0v) is 6.78. The molecule has 0 amide bonds. The SMILES string of the molecule is CC/C=C1/C=NN=CC1=NC. The molecule has 0 unspecified atom stereocenters. The van der Waals surface area contributed by atoms with E-state index in [1.165, 1.54) is 0 Å².